The maximum absolute atomic E-state index is 3.29. The largest absolute Gasteiger partial charge is 0.175 e. The van der Waals surface area contributed by atoms with Crippen molar-refractivity contribution in [2.75, 3.05) is 0 Å². The van der Waals surface area contributed by atoms with Crippen molar-refractivity contribution in [2.24, 2.45) is 0 Å². The molecule has 0 aliphatic carbocycles. The predicted octanol–water partition coefficient (Wildman–Crippen LogP) is 3.70. The van der Waals surface area contributed by atoms with Crippen LogP contribution >= 0.6 is 0 Å². The second-order valence-corrected chi connectivity index (χ2v) is 5.04. The Bertz CT molecular complexity index is 452. The normalized spacial score (nSPS) is 9.62. The Balaban J connectivity index is 2.42. The van der Waals surface area contributed by atoms with E-state index in [2.05, 4.69) is 59.7 Å². The van der Waals surface area contributed by atoms with Gasteiger partial charge in [0.2, 0.25) is 0 Å². The first kappa shape index (κ1) is 10.9. The first-order chi connectivity index (χ1) is 7.92. The van der Waals surface area contributed by atoms with E-state index in [0.717, 1.165) is 0 Å². The minimum atomic E-state index is -0.112. The van der Waals surface area contributed by atoms with Crippen LogP contribution in [0.1, 0.15) is 6.92 Å². The van der Waals surface area contributed by atoms with E-state index < -0.39 is 0 Å². The average Bonchev–Trinajstić information content (AvgIpc) is 2.38. The van der Waals surface area contributed by atoms with Gasteiger partial charge in [-0.1, -0.05) is 36.4 Å². The zero-order chi connectivity index (χ0) is 11.2. The number of benzene rings is 2. The summed E-state index contributed by atoms with van der Waals surface area (Å²) >= 11 is 0. The molecule has 0 fully saturated rings. The van der Waals surface area contributed by atoms with Crippen LogP contribution in [0, 0.1) is 11.2 Å². The Morgan fingerprint density at radius 1 is 0.750 bits per heavy atom. The molecule has 0 aliphatic rings. The Kier molecular flexibility index (Phi) is 3.69. The molecule has 0 radical (unpaired) electrons. The van der Waals surface area contributed by atoms with Crippen LogP contribution in [-0.2, 0) is 10.9 Å². The Hall–Kier alpha value is -1.65. The van der Waals surface area contributed by atoms with E-state index in [1.807, 2.05) is 19.1 Å². The molecule has 0 nitrogen and oxygen atoms in total. The molecular formula is C15H13S+. The minimum Gasteiger partial charge on any atom is -0.0619 e. The van der Waals surface area contributed by atoms with Crippen LogP contribution in [0.4, 0.5) is 0 Å². The molecule has 0 aromatic heterocycles. The number of hydrogen-bond donors (Lipinski definition) is 0. The summed E-state index contributed by atoms with van der Waals surface area (Å²) in [6.45, 7) is 1.89. The lowest BCUT2D eigenvalue weighted by Crippen LogP contribution is -1.99. The molecule has 0 amide bonds. The first-order valence-corrected chi connectivity index (χ1v) is 6.41. The summed E-state index contributed by atoms with van der Waals surface area (Å²) in [5, 5.41) is 3.29. The van der Waals surface area contributed by atoms with Crippen LogP contribution in [0.5, 0.6) is 0 Å². The van der Waals surface area contributed by atoms with E-state index in [4.69, 9.17) is 0 Å². The predicted molar refractivity (Wildman–Crippen MR) is 70.2 cm³/mol. The quantitative estimate of drug-likeness (QED) is 0.540. The molecule has 2 rings (SSSR count). The molecule has 2 aromatic rings. The van der Waals surface area contributed by atoms with Crippen molar-refractivity contribution in [3.8, 4) is 11.2 Å². The molecule has 0 N–H and O–H groups in total. The third kappa shape index (κ3) is 2.48. The Morgan fingerprint density at radius 2 is 1.19 bits per heavy atom. The topological polar surface area (TPSA) is 0 Å². The van der Waals surface area contributed by atoms with Crippen LogP contribution in [0.2, 0.25) is 0 Å². The highest BCUT2D eigenvalue weighted by molar-refractivity contribution is 8.01. The molecule has 0 unspecified atom stereocenters. The fourth-order valence-corrected chi connectivity index (χ4v) is 3.04. The van der Waals surface area contributed by atoms with Crippen molar-refractivity contribution < 1.29 is 0 Å². The van der Waals surface area contributed by atoms with Gasteiger partial charge in [-0.15, -0.1) is 0 Å². The third-order valence-corrected chi connectivity index (χ3v) is 4.06. The third-order valence-electron chi connectivity index (χ3n) is 2.16. The van der Waals surface area contributed by atoms with E-state index >= 15 is 0 Å². The van der Waals surface area contributed by atoms with Gasteiger partial charge in [0.05, 0.1) is 0 Å². The Morgan fingerprint density at radius 3 is 1.56 bits per heavy atom. The summed E-state index contributed by atoms with van der Waals surface area (Å²) in [6, 6.07) is 20.9. The van der Waals surface area contributed by atoms with Gasteiger partial charge in [-0.3, -0.25) is 0 Å². The molecule has 0 bridgehead atoms. The highest BCUT2D eigenvalue weighted by Gasteiger charge is 2.22. The minimum absolute atomic E-state index is 0.112. The standard InChI is InChI=1S/C15H13S/c1-2-13-16(14-9-5-3-6-10-14)15-11-7-4-8-12-15/h3-12H,1H3/q+1. The number of rotatable bonds is 2. The SMILES string of the molecule is CC#C[S+](c1ccccc1)c1ccccc1. The van der Waals surface area contributed by atoms with Crippen LogP contribution in [0.15, 0.2) is 70.5 Å². The molecule has 16 heavy (non-hydrogen) atoms. The van der Waals surface area contributed by atoms with Gasteiger partial charge in [-0.2, -0.15) is 0 Å². The van der Waals surface area contributed by atoms with Crippen molar-refractivity contribution in [1.29, 1.82) is 0 Å². The summed E-state index contributed by atoms with van der Waals surface area (Å²) in [5.41, 5.74) is 0. The summed E-state index contributed by atoms with van der Waals surface area (Å²) in [4.78, 5) is 2.56. The smallest absolute Gasteiger partial charge is 0.0619 e. The second-order valence-electron chi connectivity index (χ2n) is 3.28. The van der Waals surface area contributed by atoms with E-state index in [9.17, 15) is 0 Å². The van der Waals surface area contributed by atoms with Gasteiger partial charge in [0.25, 0.3) is 0 Å². The summed E-state index contributed by atoms with van der Waals surface area (Å²) in [5.74, 6) is 3.03. The van der Waals surface area contributed by atoms with Gasteiger partial charge >= 0.3 is 0 Å². The van der Waals surface area contributed by atoms with Crippen molar-refractivity contribution in [2.45, 2.75) is 16.7 Å². The number of hydrogen-bond acceptors (Lipinski definition) is 0. The summed E-state index contributed by atoms with van der Waals surface area (Å²) < 4.78 is 0. The van der Waals surface area contributed by atoms with E-state index in [0.29, 0.717) is 0 Å². The molecule has 2 aromatic carbocycles. The second kappa shape index (κ2) is 5.44. The van der Waals surface area contributed by atoms with Gasteiger partial charge in [-0.05, 0) is 30.2 Å². The molecule has 0 heterocycles. The van der Waals surface area contributed by atoms with Crippen molar-refractivity contribution in [3.63, 3.8) is 0 Å². The van der Waals surface area contributed by atoms with Gasteiger partial charge in [0, 0.05) is 6.92 Å². The molecule has 0 saturated carbocycles. The van der Waals surface area contributed by atoms with Crippen LogP contribution in [0.25, 0.3) is 0 Å². The molecule has 0 atom stereocenters. The van der Waals surface area contributed by atoms with Crippen LogP contribution in [0.3, 0.4) is 0 Å². The molecule has 1 heteroatoms. The fourth-order valence-electron chi connectivity index (χ4n) is 1.47. The summed E-state index contributed by atoms with van der Waals surface area (Å²) in [6.07, 6.45) is 0. The van der Waals surface area contributed by atoms with Gasteiger partial charge < -0.3 is 0 Å². The highest BCUT2D eigenvalue weighted by atomic mass is 32.2. The molecule has 78 valence electrons. The van der Waals surface area contributed by atoms with Gasteiger partial charge in [-0.25, -0.2) is 0 Å². The Labute approximate surface area is 99.7 Å². The average molecular weight is 225 g/mol. The molecular weight excluding hydrogens is 212 g/mol. The zero-order valence-electron chi connectivity index (χ0n) is 9.18. The highest BCUT2D eigenvalue weighted by Crippen LogP contribution is 2.21. The lowest BCUT2D eigenvalue weighted by molar-refractivity contribution is 1.39. The van der Waals surface area contributed by atoms with Crippen molar-refractivity contribution in [3.05, 3.63) is 60.7 Å². The fraction of sp³-hybridized carbons (Fsp3) is 0.0667. The first-order valence-electron chi connectivity index (χ1n) is 5.18. The van der Waals surface area contributed by atoms with Crippen molar-refractivity contribution >= 4 is 10.9 Å². The maximum Gasteiger partial charge on any atom is 0.175 e. The molecule has 0 saturated heterocycles. The van der Waals surface area contributed by atoms with Crippen LogP contribution in [-0.4, -0.2) is 0 Å². The van der Waals surface area contributed by atoms with Gasteiger partial charge in [0.1, 0.15) is 10.9 Å². The van der Waals surface area contributed by atoms with E-state index in [1.54, 1.807) is 0 Å². The van der Waals surface area contributed by atoms with E-state index in [1.165, 1.54) is 9.79 Å². The molecule has 0 aliphatic heterocycles. The lowest BCUT2D eigenvalue weighted by Gasteiger charge is -1.99. The lowest BCUT2D eigenvalue weighted by atomic mass is 10.4. The van der Waals surface area contributed by atoms with Crippen LogP contribution < -0.4 is 0 Å². The van der Waals surface area contributed by atoms with Gasteiger partial charge in [0.15, 0.2) is 15.0 Å². The maximum atomic E-state index is 3.29. The molecule has 0 spiro atoms. The van der Waals surface area contributed by atoms with E-state index in [-0.39, 0.29) is 10.9 Å². The summed E-state index contributed by atoms with van der Waals surface area (Å²) in [7, 11) is -0.112. The monoisotopic (exact) mass is 225 g/mol. The van der Waals surface area contributed by atoms with Crippen molar-refractivity contribution in [1.82, 2.24) is 0 Å². The zero-order valence-corrected chi connectivity index (χ0v) is 10.00.